The third kappa shape index (κ3) is 4.18. The summed E-state index contributed by atoms with van der Waals surface area (Å²) in [5.41, 5.74) is 5.47. The first-order valence-electron chi connectivity index (χ1n) is 5.82. The van der Waals surface area contributed by atoms with Crippen molar-refractivity contribution in [1.29, 1.82) is 5.41 Å². The van der Waals surface area contributed by atoms with Crippen LogP contribution in [0.15, 0.2) is 0 Å². The number of ether oxygens (including phenoxy) is 1. The summed E-state index contributed by atoms with van der Waals surface area (Å²) in [6.07, 6.45) is 3.11. The van der Waals surface area contributed by atoms with Gasteiger partial charge in [0.25, 0.3) is 0 Å². The molecule has 1 heterocycles. The zero-order chi connectivity index (χ0) is 11.3. The fraction of sp³-hybridized carbons (Fsp3) is 0.909. The zero-order valence-electron chi connectivity index (χ0n) is 9.83. The zero-order valence-corrected chi connectivity index (χ0v) is 9.83. The maximum Gasteiger partial charge on any atom is 0.0921 e. The third-order valence-corrected chi connectivity index (χ3v) is 2.93. The van der Waals surface area contributed by atoms with E-state index in [0.29, 0.717) is 24.4 Å². The maximum atomic E-state index is 7.37. The molecular formula is C11H23N3O. The van der Waals surface area contributed by atoms with E-state index in [1.54, 1.807) is 0 Å². The quantitative estimate of drug-likeness (QED) is 0.545. The van der Waals surface area contributed by atoms with Crippen LogP contribution in [-0.4, -0.2) is 42.6 Å². The van der Waals surface area contributed by atoms with Crippen molar-refractivity contribution in [2.75, 3.05) is 19.7 Å². The fourth-order valence-electron chi connectivity index (χ4n) is 2.14. The molecule has 1 aliphatic heterocycles. The molecular weight excluding hydrogens is 190 g/mol. The van der Waals surface area contributed by atoms with Gasteiger partial charge in [-0.3, -0.25) is 10.3 Å². The number of nitrogens with one attached hydrogen (secondary N) is 1. The maximum absolute atomic E-state index is 7.37. The molecule has 0 aromatic rings. The molecule has 4 heteroatoms. The first-order valence-corrected chi connectivity index (χ1v) is 5.82. The van der Waals surface area contributed by atoms with Gasteiger partial charge >= 0.3 is 0 Å². The van der Waals surface area contributed by atoms with Gasteiger partial charge < -0.3 is 10.5 Å². The van der Waals surface area contributed by atoms with E-state index in [0.717, 1.165) is 32.5 Å². The predicted octanol–water partition coefficient (Wildman–Crippen LogP) is 1.20. The summed E-state index contributed by atoms with van der Waals surface area (Å²) in [7, 11) is 0. The van der Waals surface area contributed by atoms with Gasteiger partial charge in [0.05, 0.1) is 11.9 Å². The molecule has 1 aliphatic rings. The summed E-state index contributed by atoms with van der Waals surface area (Å²) in [4.78, 5) is 2.42. The van der Waals surface area contributed by atoms with E-state index in [4.69, 9.17) is 15.9 Å². The van der Waals surface area contributed by atoms with Crippen LogP contribution in [0.1, 0.15) is 33.1 Å². The van der Waals surface area contributed by atoms with E-state index in [9.17, 15) is 0 Å². The normalized spacial score (nSPS) is 25.9. The second-order valence-electron chi connectivity index (χ2n) is 4.32. The number of rotatable bonds is 4. The molecule has 0 aromatic carbocycles. The highest BCUT2D eigenvalue weighted by atomic mass is 16.5. The highest BCUT2D eigenvalue weighted by Gasteiger charge is 2.22. The molecule has 1 rings (SSSR count). The van der Waals surface area contributed by atoms with E-state index in [-0.39, 0.29) is 0 Å². The standard InChI is InChI=1S/C11H23N3O/c1-3-10(7-11(12)13)14-5-4-6-15-9(2)8-14/h9-10H,3-8H2,1-2H3,(H3,12,13). The van der Waals surface area contributed by atoms with Crippen LogP contribution >= 0.6 is 0 Å². The summed E-state index contributed by atoms with van der Waals surface area (Å²) in [5.74, 6) is 0.291. The lowest BCUT2D eigenvalue weighted by Gasteiger charge is -2.30. The van der Waals surface area contributed by atoms with Gasteiger partial charge in [0, 0.05) is 32.2 Å². The molecule has 4 nitrogen and oxygen atoms in total. The van der Waals surface area contributed by atoms with Gasteiger partial charge in [0.15, 0.2) is 0 Å². The van der Waals surface area contributed by atoms with E-state index in [1.165, 1.54) is 0 Å². The van der Waals surface area contributed by atoms with E-state index in [1.807, 2.05) is 0 Å². The third-order valence-electron chi connectivity index (χ3n) is 2.93. The van der Waals surface area contributed by atoms with Crippen LogP contribution in [0, 0.1) is 5.41 Å². The van der Waals surface area contributed by atoms with Crippen molar-refractivity contribution in [2.24, 2.45) is 5.73 Å². The number of hydrogen-bond acceptors (Lipinski definition) is 3. The van der Waals surface area contributed by atoms with Crippen LogP contribution in [0.5, 0.6) is 0 Å². The topological polar surface area (TPSA) is 62.3 Å². The molecule has 1 saturated heterocycles. The minimum Gasteiger partial charge on any atom is -0.388 e. The highest BCUT2D eigenvalue weighted by molar-refractivity contribution is 5.77. The van der Waals surface area contributed by atoms with Gasteiger partial charge in [0.2, 0.25) is 0 Å². The van der Waals surface area contributed by atoms with Gasteiger partial charge in [0.1, 0.15) is 0 Å². The van der Waals surface area contributed by atoms with Crippen molar-refractivity contribution in [1.82, 2.24) is 4.90 Å². The lowest BCUT2D eigenvalue weighted by Crippen LogP contribution is -2.41. The first kappa shape index (κ1) is 12.5. The number of nitrogens with zero attached hydrogens (tertiary/aromatic N) is 1. The summed E-state index contributed by atoms with van der Waals surface area (Å²) in [6, 6.07) is 0.409. The lowest BCUT2D eigenvalue weighted by atomic mass is 10.1. The monoisotopic (exact) mass is 213 g/mol. The molecule has 0 radical (unpaired) electrons. The summed E-state index contributed by atoms with van der Waals surface area (Å²) in [5, 5.41) is 7.37. The van der Waals surface area contributed by atoms with Crippen LogP contribution in [0.3, 0.4) is 0 Å². The first-order chi connectivity index (χ1) is 7.13. The fourth-order valence-corrected chi connectivity index (χ4v) is 2.14. The molecule has 0 amide bonds. The molecule has 15 heavy (non-hydrogen) atoms. The molecule has 0 spiro atoms. The molecule has 0 saturated carbocycles. The SMILES string of the molecule is CCC(CC(=N)N)N1CCCOC(C)C1. The number of hydrogen-bond donors (Lipinski definition) is 2. The van der Waals surface area contributed by atoms with Crippen LogP contribution in [0.25, 0.3) is 0 Å². The Morgan fingerprint density at radius 3 is 3.00 bits per heavy atom. The molecule has 2 atom stereocenters. The van der Waals surface area contributed by atoms with Crippen molar-refractivity contribution in [3.63, 3.8) is 0 Å². The van der Waals surface area contributed by atoms with Crippen LogP contribution in [0.4, 0.5) is 0 Å². The van der Waals surface area contributed by atoms with Gasteiger partial charge in [-0.15, -0.1) is 0 Å². The Hall–Kier alpha value is -0.610. The van der Waals surface area contributed by atoms with Gasteiger partial charge in [-0.1, -0.05) is 6.92 Å². The van der Waals surface area contributed by atoms with Crippen molar-refractivity contribution < 1.29 is 4.74 Å². The molecule has 1 fully saturated rings. The largest absolute Gasteiger partial charge is 0.388 e. The van der Waals surface area contributed by atoms with Gasteiger partial charge in [-0.2, -0.15) is 0 Å². The van der Waals surface area contributed by atoms with Crippen LogP contribution < -0.4 is 5.73 Å². The van der Waals surface area contributed by atoms with Crippen LogP contribution in [0.2, 0.25) is 0 Å². The summed E-state index contributed by atoms with van der Waals surface area (Å²) >= 11 is 0. The van der Waals surface area contributed by atoms with Crippen molar-refractivity contribution in [3.8, 4) is 0 Å². The molecule has 0 bridgehead atoms. The van der Waals surface area contributed by atoms with Crippen molar-refractivity contribution in [3.05, 3.63) is 0 Å². The minimum absolute atomic E-state index is 0.291. The Balaban J connectivity index is 2.52. The van der Waals surface area contributed by atoms with E-state index in [2.05, 4.69) is 18.7 Å². The Bertz CT molecular complexity index is 208. The molecule has 0 aliphatic carbocycles. The van der Waals surface area contributed by atoms with E-state index < -0.39 is 0 Å². The average molecular weight is 213 g/mol. The number of amidine groups is 1. The van der Waals surface area contributed by atoms with Gasteiger partial charge in [-0.05, 0) is 19.8 Å². The second-order valence-corrected chi connectivity index (χ2v) is 4.32. The predicted molar refractivity (Wildman–Crippen MR) is 62.2 cm³/mol. The Kier molecular flexibility index (Phi) is 5.05. The summed E-state index contributed by atoms with van der Waals surface area (Å²) < 4.78 is 5.61. The van der Waals surface area contributed by atoms with Crippen LogP contribution in [-0.2, 0) is 4.74 Å². The number of nitrogens with two attached hydrogens (primary N) is 1. The Morgan fingerprint density at radius 2 is 2.40 bits per heavy atom. The van der Waals surface area contributed by atoms with Gasteiger partial charge in [-0.25, -0.2) is 0 Å². The molecule has 0 aromatic heterocycles. The van der Waals surface area contributed by atoms with E-state index >= 15 is 0 Å². The minimum atomic E-state index is 0.291. The smallest absolute Gasteiger partial charge is 0.0921 e. The summed E-state index contributed by atoms with van der Waals surface area (Å²) in [6.45, 7) is 7.15. The highest BCUT2D eigenvalue weighted by Crippen LogP contribution is 2.14. The van der Waals surface area contributed by atoms with Crippen molar-refractivity contribution >= 4 is 5.84 Å². The molecule has 3 N–H and O–H groups in total. The lowest BCUT2D eigenvalue weighted by molar-refractivity contribution is 0.0607. The van der Waals surface area contributed by atoms with Crippen molar-refractivity contribution in [2.45, 2.75) is 45.3 Å². The average Bonchev–Trinajstić information content (AvgIpc) is 2.39. The Labute approximate surface area is 92.3 Å². The molecule has 88 valence electrons. The second kappa shape index (κ2) is 6.08. The Morgan fingerprint density at radius 1 is 1.67 bits per heavy atom. The molecule has 2 unspecified atom stereocenters.